The highest BCUT2D eigenvalue weighted by Gasteiger charge is 2.32. The topological polar surface area (TPSA) is 82.5 Å². The van der Waals surface area contributed by atoms with E-state index in [2.05, 4.69) is 10.4 Å². The lowest BCUT2D eigenvalue weighted by Gasteiger charge is -2.16. The van der Waals surface area contributed by atoms with Gasteiger partial charge in [-0.25, -0.2) is 4.68 Å². The summed E-state index contributed by atoms with van der Waals surface area (Å²) in [6, 6.07) is 10.3. The number of amides is 1. The lowest BCUT2D eigenvalue weighted by atomic mass is 10.2. The number of benzene rings is 2. The molecular formula is C22H18F3N3O4. The highest BCUT2D eigenvalue weighted by atomic mass is 19.4. The summed E-state index contributed by atoms with van der Waals surface area (Å²) < 4.78 is 51.6. The summed E-state index contributed by atoms with van der Waals surface area (Å²) >= 11 is 0. The minimum atomic E-state index is -4.54. The SMILES string of the molecule is Cc1cc(=O)c(C(=O)Nc2ccc3c(c2)OC(C)(C)O3)nn1-c1cccc(C(F)(F)F)c1. The number of hydrogen-bond donors (Lipinski definition) is 1. The summed E-state index contributed by atoms with van der Waals surface area (Å²) in [4.78, 5) is 25.1. The van der Waals surface area contributed by atoms with E-state index in [1.165, 1.54) is 19.1 Å². The van der Waals surface area contributed by atoms with Gasteiger partial charge in [0.25, 0.3) is 5.91 Å². The third-order valence-corrected chi connectivity index (χ3v) is 4.65. The van der Waals surface area contributed by atoms with E-state index in [-0.39, 0.29) is 11.4 Å². The normalized spacial score (nSPS) is 14.3. The van der Waals surface area contributed by atoms with Crippen molar-refractivity contribution in [3.63, 3.8) is 0 Å². The Hall–Kier alpha value is -3.82. The number of aryl methyl sites for hydroxylation is 1. The van der Waals surface area contributed by atoms with Gasteiger partial charge < -0.3 is 14.8 Å². The number of ether oxygens (including phenoxy) is 2. The molecule has 4 rings (SSSR count). The molecule has 1 aliphatic rings. The standard InChI is InChI=1S/C22H18F3N3O4/c1-12-9-16(29)19(27-28(12)15-6-4-5-13(10-15)22(23,24)25)20(30)26-14-7-8-17-18(11-14)32-21(2,3)31-17/h4-11H,1-3H3,(H,26,30). The Morgan fingerprint density at radius 1 is 1.06 bits per heavy atom. The van der Waals surface area contributed by atoms with E-state index >= 15 is 0 Å². The molecule has 10 heteroatoms. The minimum absolute atomic E-state index is 0.0664. The Balaban J connectivity index is 1.66. The number of nitrogens with one attached hydrogen (secondary N) is 1. The fourth-order valence-corrected chi connectivity index (χ4v) is 3.27. The number of hydrogen-bond acceptors (Lipinski definition) is 5. The second-order valence-corrected chi connectivity index (χ2v) is 7.68. The molecule has 0 atom stereocenters. The number of aromatic nitrogens is 2. The quantitative estimate of drug-likeness (QED) is 0.649. The van der Waals surface area contributed by atoms with Crippen LogP contribution in [0, 0.1) is 6.92 Å². The number of alkyl halides is 3. The Kier molecular flexibility index (Phi) is 4.95. The Labute approximate surface area is 180 Å². The second kappa shape index (κ2) is 7.40. The summed E-state index contributed by atoms with van der Waals surface area (Å²) in [6.07, 6.45) is -4.54. The second-order valence-electron chi connectivity index (χ2n) is 7.68. The van der Waals surface area contributed by atoms with Crippen LogP contribution in [0.5, 0.6) is 11.5 Å². The van der Waals surface area contributed by atoms with E-state index in [0.717, 1.165) is 22.9 Å². The monoisotopic (exact) mass is 445 g/mol. The molecule has 3 aromatic rings. The maximum atomic E-state index is 13.1. The largest absolute Gasteiger partial charge is 0.449 e. The van der Waals surface area contributed by atoms with E-state index in [9.17, 15) is 22.8 Å². The molecule has 2 heterocycles. The molecule has 0 bridgehead atoms. The zero-order chi connectivity index (χ0) is 23.3. The van der Waals surface area contributed by atoms with Gasteiger partial charge in [-0.05, 0) is 37.3 Å². The first-order valence-corrected chi connectivity index (χ1v) is 9.55. The molecule has 0 spiro atoms. The molecule has 0 unspecified atom stereocenters. The summed E-state index contributed by atoms with van der Waals surface area (Å²) in [5, 5.41) is 6.59. The van der Waals surface area contributed by atoms with E-state index in [4.69, 9.17) is 9.47 Å². The summed E-state index contributed by atoms with van der Waals surface area (Å²) in [5.74, 6) is -0.726. The maximum absolute atomic E-state index is 13.1. The molecule has 32 heavy (non-hydrogen) atoms. The maximum Gasteiger partial charge on any atom is 0.416 e. The van der Waals surface area contributed by atoms with E-state index in [0.29, 0.717) is 17.2 Å². The molecular weight excluding hydrogens is 427 g/mol. The summed E-state index contributed by atoms with van der Waals surface area (Å²) in [5.41, 5.74) is -1.32. The number of rotatable bonds is 3. The van der Waals surface area contributed by atoms with Gasteiger partial charge in [0.15, 0.2) is 17.2 Å². The van der Waals surface area contributed by atoms with Gasteiger partial charge in [-0.15, -0.1) is 0 Å². The highest BCUT2D eigenvalue weighted by Crippen LogP contribution is 2.40. The van der Waals surface area contributed by atoms with Gasteiger partial charge in [-0.2, -0.15) is 18.3 Å². The van der Waals surface area contributed by atoms with Crippen LogP contribution in [0.3, 0.4) is 0 Å². The van der Waals surface area contributed by atoms with Crippen molar-refractivity contribution in [1.29, 1.82) is 0 Å². The molecule has 1 N–H and O–H groups in total. The van der Waals surface area contributed by atoms with Crippen molar-refractivity contribution in [2.75, 3.05) is 5.32 Å². The van der Waals surface area contributed by atoms with Gasteiger partial charge in [-0.1, -0.05) is 6.07 Å². The van der Waals surface area contributed by atoms with Crippen molar-refractivity contribution < 1.29 is 27.4 Å². The van der Waals surface area contributed by atoms with E-state index in [1.54, 1.807) is 32.0 Å². The number of anilines is 1. The molecule has 1 aromatic heterocycles. The molecule has 0 aliphatic carbocycles. The molecule has 0 saturated carbocycles. The first-order valence-electron chi connectivity index (χ1n) is 9.55. The van der Waals surface area contributed by atoms with Crippen LogP contribution in [0.1, 0.15) is 35.6 Å². The molecule has 2 aromatic carbocycles. The van der Waals surface area contributed by atoms with Crippen molar-refractivity contribution in [1.82, 2.24) is 9.78 Å². The van der Waals surface area contributed by atoms with Crippen LogP contribution in [0.15, 0.2) is 53.3 Å². The van der Waals surface area contributed by atoms with Crippen molar-refractivity contribution >= 4 is 11.6 Å². The molecule has 1 amide bonds. The lowest BCUT2D eigenvalue weighted by Crippen LogP contribution is -2.29. The number of fused-ring (bicyclic) bond motifs is 1. The molecule has 0 saturated heterocycles. The van der Waals surface area contributed by atoms with Gasteiger partial charge in [0.2, 0.25) is 11.2 Å². The molecule has 0 radical (unpaired) electrons. The minimum Gasteiger partial charge on any atom is -0.449 e. The van der Waals surface area contributed by atoms with Crippen LogP contribution in [0.4, 0.5) is 18.9 Å². The Bertz CT molecular complexity index is 1280. The van der Waals surface area contributed by atoms with Gasteiger partial charge >= 0.3 is 6.18 Å². The van der Waals surface area contributed by atoms with Crippen LogP contribution in [0.25, 0.3) is 5.69 Å². The molecule has 7 nitrogen and oxygen atoms in total. The third kappa shape index (κ3) is 4.16. The fraction of sp³-hybridized carbons (Fsp3) is 0.227. The first-order chi connectivity index (χ1) is 14.9. The van der Waals surface area contributed by atoms with Gasteiger partial charge in [0.1, 0.15) is 0 Å². The molecule has 1 aliphatic heterocycles. The van der Waals surface area contributed by atoms with Crippen LogP contribution >= 0.6 is 0 Å². The van der Waals surface area contributed by atoms with Crippen molar-refractivity contribution in [2.45, 2.75) is 32.7 Å². The Morgan fingerprint density at radius 3 is 2.50 bits per heavy atom. The average molecular weight is 445 g/mol. The molecule has 166 valence electrons. The highest BCUT2D eigenvalue weighted by molar-refractivity contribution is 6.02. The van der Waals surface area contributed by atoms with Gasteiger partial charge in [0.05, 0.1) is 11.3 Å². The smallest absolute Gasteiger partial charge is 0.416 e. The van der Waals surface area contributed by atoms with Crippen LogP contribution < -0.4 is 20.2 Å². The number of halogens is 3. The first kappa shape index (κ1) is 21.4. The van der Waals surface area contributed by atoms with Gasteiger partial charge in [0, 0.05) is 37.4 Å². The lowest BCUT2D eigenvalue weighted by molar-refractivity contribution is -0.137. The predicted molar refractivity (Wildman–Crippen MR) is 109 cm³/mol. The third-order valence-electron chi connectivity index (χ3n) is 4.65. The van der Waals surface area contributed by atoms with E-state index < -0.39 is 34.6 Å². The van der Waals surface area contributed by atoms with Crippen LogP contribution in [-0.4, -0.2) is 21.5 Å². The zero-order valence-corrected chi connectivity index (χ0v) is 17.3. The van der Waals surface area contributed by atoms with Crippen molar-refractivity contribution in [2.24, 2.45) is 0 Å². The van der Waals surface area contributed by atoms with Crippen LogP contribution in [0.2, 0.25) is 0 Å². The van der Waals surface area contributed by atoms with Crippen LogP contribution in [-0.2, 0) is 6.18 Å². The van der Waals surface area contributed by atoms with E-state index in [1.807, 2.05) is 0 Å². The number of carbonyl (C=O) groups excluding carboxylic acids is 1. The summed E-state index contributed by atoms with van der Waals surface area (Å²) in [6.45, 7) is 4.98. The number of carbonyl (C=O) groups is 1. The number of nitrogens with zero attached hydrogens (tertiary/aromatic N) is 2. The van der Waals surface area contributed by atoms with Gasteiger partial charge in [-0.3, -0.25) is 9.59 Å². The molecule has 0 fully saturated rings. The van der Waals surface area contributed by atoms with Crippen molar-refractivity contribution in [3.05, 3.63) is 75.7 Å². The van der Waals surface area contributed by atoms with Crippen molar-refractivity contribution in [3.8, 4) is 17.2 Å². The predicted octanol–water partition coefficient (Wildman–Crippen LogP) is 4.32. The summed E-state index contributed by atoms with van der Waals surface area (Å²) in [7, 11) is 0. The Morgan fingerprint density at radius 2 is 1.78 bits per heavy atom. The fourth-order valence-electron chi connectivity index (χ4n) is 3.27. The average Bonchev–Trinajstić information content (AvgIpc) is 3.00. The zero-order valence-electron chi connectivity index (χ0n) is 17.3.